The van der Waals surface area contributed by atoms with E-state index >= 15 is 0 Å². The Labute approximate surface area is 89.1 Å². The quantitative estimate of drug-likeness (QED) is 0.730. The molecule has 0 heterocycles. The van der Waals surface area contributed by atoms with Crippen LogP contribution in [-0.4, -0.2) is 5.78 Å². The van der Waals surface area contributed by atoms with Gasteiger partial charge >= 0.3 is 0 Å². The van der Waals surface area contributed by atoms with Gasteiger partial charge in [-0.05, 0) is 36.5 Å². The van der Waals surface area contributed by atoms with E-state index in [2.05, 4.69) is 6.07 Å². The molecule has 1 nitrogen and oxygen atoms in total. The van der Waals surface area contributed by atoms with Crippen LogP contribution in [0, 0.1) is 5.92 Å². The highest BCUT2D eigenvalue weighted by Gasteiger charge is 2.34. The molecule has 0 saturated heterocycles. The van der Waals surface area contributed by atoms with Gasteiger partial charge in [0.05, 0.1) is 0 Å². The van der Waals surface area contributed by atoms with Gasteiger partial charge in [0.2, 0.25) is 0 Å². The average Bonchev–Trinajstić information content (AvgIpc) is 2.07. The molecule has 1 aliphatic rings. The second-order valence-electron chi connectivity index (χ2n) is 4.02. The van der Waals surface area contributed by atoms with Crippen LogP contribution >= 0.6 is 11.6 Å². The number of carbonyl (C=O) groups is 1. The molecule has 0 fully saturated rings. The Kier molecular flexibility index (Phi) is 2.36. The van der Waals surface area contributed by atoms with E-state index in [9.17, 15) is 4.79 Å². The molecule has 0 N–H and O–H groups in total. The zero-order valence-electron chi connectivity index (χ0n) is 8.38. The van der Waals surface area contributed by atoms with E-state index < -0.39 is 0 Å². The summed E-state index contributed by atoms with van der Waals surface area (Å²) in [6, 6.07) is 5.96. The van der Waals surface area contributed by atoms with Crippen molar-refractivity contribution >= 4 is 17.4 Å². The van der Waals surface area contributed by atoms with Crippen molar-refractivity contribution in [2.45, 2.75) is 26.2 Å². The van der Waals surface area contributed by atoms with Crippen molar-refractivity contribution in [3.63, 3.8) is 0 Å². The average molecular weight is 209 g/mol. The molecular formula is C12H13ClO. The lowest BCUT2D eigenvalue weighted by Gasteiger charge is -2.34. The summed E-state index contributed by atoms with van der Waals surface area (Å²) < 4.78 is 0. The van der Waals surface area contributed by atoms with E-state index in [0.717, 1.165) is 11.4 Å². The lowest BCUT2D eigenvalue weighted by atomic mass is 9.70. The smallest absolute Gasteiger partial charge is 0.133 e. The van der Waals surface area contributed by atoms with Gasteiger partial charge in [0.1, 0.15) is 5.78 Å². The summed E-state index contributed by atoms with van der Waals surface area (Å²) in [5, 5.41) is 0.812. The Hall–Kier alpha value is -0.820. The minimum Gasteiger partial charge on any atom is -0.300 e. The molecule has 0 saturated carbocycles. The van der Waals surface area contributed by atoms with Crippen molar-refractivity contribution < 1.29 is 4.79 Å². The summed E-state index contributed by atoms with van der Waals surface area (Å²) in [5.74, 6) is 0.694. The molecule has 74 valence electrons. The molecule has 1 aromatic rings. The predicted molar refractivity (Wildman–Crippen MR) is 57.7 cm³/mol. The predicted octanol–water partition coefficient (Wildman–Crippen LogP) is 3.20. The van der Waals surface area contributed by atoms with Crippen LogP contribution in [0.5, 0.6) is 0 Å². The lowest BCUT2D eigenvalue weighted by Crippen LogP contribution is -2.27. The third kappa shape index (κ3) is 1.36. The summed E-state index contributed by atoms with van der Waals surface area (Å²) in [7, 11) is 0. The monoisotopic (exact) mass is 208 g/mol. The zero-order chi connectivity index (χ0) is 10.3. The van der Waals surface area contributed by atoms with Gasteiger partial charge < -0.3 is 0 Å². The number of ketones is 1. The number of benzene rings is 1. The second-order valence-corrected chi connectivity index (χ2v) is 4.43. The van der Waals surface area contributed by atoms with Gasteiger partial charge in [-0.1, -0.05) is 30.7 Å². The van der Waals surface area contributed by atoms with Crippen LogP contribution in [0.1, 0.15) is 30.9 Å². The summed E-state index contributed by atoms with van der Waals surface area (Å²) in [6.45, 7) is 3.64. The first kappa shape index (κ1) is 9.72. The van der Waals surface area contributed by atoms with Crippen LogP contribution in [0.2, 0.25) is 5.02 Å². The van der Waals surface area contributed by atoms with Crippen LogP contribution in [-0.2, 0) is 11.2 Å². The third-order valence-corrected chi connectivity index (χ3v) is 3.53. The number of hydrogen-bond donors (Lipinski definition) is 0. The number of Topliss-reactive ketones (excluding diaryl/α,β-unsaturated/α-hetero) is 1. The largest absolute Gasteiger partial charge is 0.300 e. The van der Waals surface area contributed by atoms with Gasteiger partial charge in [-0.25, -0.2) is 0 Å². The fraction of sp³-hybridized carbons (Fsp3) is 0.417. The fourth-order valence-corrected chi connectivity index (χ4v) is 2.43. The van der Waals surface area contributed by atoms with E-state index in [-0.39, 0.29) is 11.7 Å². The van der Waals surface area contributed by atoms with E-state index in [1.54, 1.807) is 6.92 Å². The Bertz CT molecular complexity index is 370. The van der Waals surface area contributed by atoms with Gasteiger partial charge in [-0.2, -0.15) is 0 Å². The molecule has 14 heavy (non-hydrogen) atoms. The summed E-state index contributed by atoms with van der Waals surface area (Å²) in [5.41, 5.74) is 2.49. The first-order valence-electron chi connectivity index (χ1n) is 4.89. The summed E-state index contributed by atoms with van der Waals surface area (Å²) >= 11 is 6.10. The van der Waals surface area contributed by atoms with Gasteiger partial charge in [-0.3, -0.25) is 4.79 Å². The first-order chi connectivity index (χ1) is 6.61. The minimum absolute atomic E-state index is 0.0994. The maximum Gasteiger partial charge on any atom is 0.133 e. The Balaban J connectivity index is 2.31. The van der Waals surface area contributed by atoms with Crippen molar-refractivity contribution in [3.8, 4) is 0 Å². The van der Waals surface area contributed by atoms with Crippen LogP contribution in [0.4, 0.5) is 0 Å². The summed E-state index contributed by atoms with van der Waals surface area (Å²) in [4.78, 5) is 11.3. The maximum atomic E-state index is 11.3. The molecule has 0 bridgehead atoms. The molecule has 0 aliphatic heterocycles. The lowest BCUT2D eigenvalue weighted by molar-refractivity contribution is -0.121. The molecule has 2 atom stereocenters. The highest BCUT2D eigenvalue weighted by atomic mass is 35.5. The minimum atomic E-state index is 0.0994. The van der Waals surface area contributed by atoms with Crippen molar-refractivity contribution in [2.75, 3.05) is 0 Å². The molecule has 2 heteroatoms. The van der Waals surface area contributed by atoms with E-state index in [4.69, 9.17) is 11.6 Å². The van der Waals surface area contributed by atoms with E-state index in [0.29, 0.717) is 5.92 Å². The van der Waals surface area contributed by atoms with Crippen LogP contribution in [0.3, 0.4) is 0 Å². The van der Waals surface area contributed by atoms with Gasteiger partial charge in [0, 0.05) is 10.9 Å². The molecule has 0 amide bonds. The molecule has 1 unspecified atom stereocenters. The van der Waals surface area contributed by atoms with Crippen molar-refractivity contribution in [3.05, 3.63) is 34.3 Å². The molecule has 0 radical (unpaired) electrons. The fourth-order valence-electron chi connectivity index (χ4n) is 2.09. The van der Waals surface area contributed by atoms with E-state index in [1.807, 2.05) is 19.1 Å². The number of halogens is 1. The second kappa shape index (κ2) is 3.39. The first-order valence-corrected chi connectivity index (χ1v) is 5.26. The van der Waals surface area contributed by atoms with Crippen LogP contribution in [0.15, 0.2) is 18.2 Å². The molecule has 0 spiro atoms. The standard InChI is InChI=1S/C12H13ClO/c1-7(8(2)14)10-6-9-4-3-5-11(13)12(9)10/h3-5,7,10H,6H2,1-2H3/t7?,10-/m0/s1. The SMILES string of the molecule is CC(=O)C(C)[C@@H]1Cc2cccc(Cl)c21. The highest BCUT2D eigenvalue weighted by molar-refractivity contribution is 6.31. The van der Waals surface area contributed by atoms with E-state index in [1.165, 1.54) is 11.1 Å². The van der Waals surface area contributed by atoms with Gasteiger partial charge in [-0.15, -0.1) is 0 Å². The van der Waals surface area contributed by atoms with Gasteiger partial charge in [0.25, 0.3) is 0 Å². The number of hydrogen-bond acceptors (Lipinski definition) is 1. The molecule has 1 aromatic carbocycles. The summed E-state index contributed by atoms with van der Waals surface area (Å²) in [6.07, 6.45) is 0.997. The number of rotatable bonds is 2. The Morgan fingerprint density at radius 1 is 1.57 bits per heavy atom. The highest BCUT2D eigenvalue weighted by Crippen LogP contribution is 2.44. The van der Waals surface area contributed by atoms with Crippen LogP contribution in [0.25, 0.3) is 0 Å². The maximum absolute atomic E-state index is 11.3. The zero-order valence-corrected chi connectivity index (χ0v) is 9.14. The Morgan fingerprint density at radius 3 is 2.86 bits per heavy atom. The topological polar surface area (TPSA) is 17.1 Å². The number of carbonyl (C=O) groups excluding carboxylic acids is 1. The molecule has 2 rings (SSSR count). The number of fused-ring (bicyclic) bond motifs is 1. The third-order valence-electron chi connectivity index (χ3n) is 3.20. The normalized spacial score (nSPS) is 20.9. The molecular weight excluding hydrogens is 196 g/mol. The van der Waals surface area contributed by atoms with Crippen molar-refractivity contribution in [1.29, 1.82) is 0 Å². The van der Waals surface area contributed by atoms with Gasteiger partial charge in [0.15, 0.2) is 0 Å². The molecule has 0 aromatic heterocycles. The van der Waals surface area contributed by atoms with Crippen LogP contribution < -0.4 is 0 Å². The molecule has 1 aliphatic carbocycles. The van der Waals surface area contributed by atoms with Crippen molar-refractivity contribution in [1.82, 2.24) is 0 Å². The van der Waals surface area contributed by atoms with Crippen molar-refractivity contribution in [2.24, 2.45) is 5.92 Å². The Morgan fingerprint density at radius 2 is 2.29 bits per heavy atom.